The zero-order valence-electron chi connectivity index (χ0n) is 13.7. The van der Waals surface area contributed by atoms with Crippen molar-refractivity contribution in [3.63, 3.8) is 0 Å². The highest BCUT2D eigenvalue weighted by atomic mass is 19.1. The molecular weight excluding hydrogens is 324 g/mol. The lowest BCUT2D eigenvalue weighted by molar-refractivity contribution is 0.549. The lowest BCUT2D eigenvalue weighted by Crippen LogP contribution is -2.26. The minimum Gasteiger partial charge on any atom is -0.351 e. The Morgan fingerprint density at radius 1 is 1.24 bits per heavy atom. The van der Waals surface area contributed by atoms with Crippen LogP contribution < -0.4 is 4.90 Å². The van der Waals surface area contributed by atoms with Gasteiger partial charge in [-0.25, -0.2) is 18.4 Å². The molecule has 1 saturated heterocycles. The van der Waals surface area contributed by atoms with Crippen molar-refractivity contribution in [3.8, 4) is 0 Å². The summed E-state index contributed by atoms with van der Waals surface area (Å²) in [6, 6.07) is 5.43. The molecule has 2 aromatic heterocycles. The standard InChI is InChI=1S/C18H19F2N5/c19-13-3-4-16(20)15(10-13)17-2-1-8-24(17)18-5-7-23-25(18)9-6-14-11-21-12-22-14/h3-5,7,10-12,17H,1-2,6,8-9H2,(H,21,22)/t17-/m1/s1. The summed E-state index contributed by atoms with van der Waals surface area (Å²) >= 11 is 0. The molecule has 4 rings (SSSR count). The number of anilines is 1. The second-order valence-electron chi connectivity index (χ2n) is 6.24. The van der Waals surface area contributed by atoms with Gasteiger partial charge in [-0.2, -0.15) is 5.10 Å². The molecule has 1 N–H and O–H groups in total. The molecule has 130 valence electrons. The monoisotopic (exact) mass is 343 g/mol. The quantitative estimate of drug-likeness (QED) is 0.772. The number of aromatic amines is 1. The number of H-pyrrole nitrogens is 1. The van der Waals surface area contributed by atoms with E-state index < -0.39 is 5.82 Å². The topological polar surface area (TPSA) is 49.7 Å². The number of halogens is 2. The number of nitrogens with zero attached hydrogens (tertiary/aromatic N) is 4. The van der Waals surface area contributed by atoms with Gasteiger partial charge in [-0.3, -0.25) is 0 Å². The summed E-state index contributed by atoms with van der Waals surface area (Å²) in [5.41, 5.74) is 1.38. The third-order valence-corrected chi connectivity index (χ3v) is 4.69. The largest absolute Gasteiger partial charge is 0.351 e. The Hall–Kier alpha value is -2.70. The molecule has 0 amide bonds. The first-order chi connectivity index (χ1) is 12.2. The molecule has 1 fully saturated rings. The van der Waals surface area contributed by atoms with Gasteiger partial charge in [-0.05, 0) is 31.0 Å². The fourth-order valence-corrected chi connectivity index (χ4v) is 3.52. The fraction of sp³-hybridized carbons (Fsp3) is 0.333. The van der Waals surface area contributed by atoms with E-state index in [1.165, 1.54) is 12.1 Å². The molecule has 25 heavy (non-hydrogen) atoms. The van der Waals surface area contributed by atoms with E-state index in [1.54, 1.807) is 12.5 Å². The molecule has 0 aliphatic carbocycles. The predicted molar refractivity (Wildman–Crippen MR) is 90.2 cm³/mol. The second-order valence-corrected chi connectivity index (χ2v) is 6.24. The molecule has 0 unspecified atom stereocenters. The molecule has 0 spiro atoms. The van der Waals surface area contributed by atoms with Crippen LogP contribution in [0.3, 0.4) is 0 Å². The van der Waals surface area contributed by atoms with E-state index in [1.807, 2.05) is 16.9 Å². The summed E-state index contributed by atoms with van der Waals surface area (Å²) in [6.45, 7) is 1.48. The van der Waals surface area contributed by atoms with Gasteiger partial charge in [0.15, 0.2) is 0 Å². The number of hydrogen-bond donors (Lipinski definition) is 1. The van der Waals surface area contributed by atoms with Gasteiger partial charge in [-0.15, -0.1) is 0 Å². The molecular formula is C18H19F2N5. The summed E-state index contributed by atoms with van der Waals surface area (Å²) in [6.07, 6.45) is 7.75. The Morgan fingerprint density at radius 3 is 3.00 bits per heavy atom. The van der Waals surface area contributed by atoms with Crippen molar-refractivity contribution >= 4 is 5.82 Å². The Bertz CT molecular complexity index is 843. The van der Waals surface area contributed by atoms with Gasteiger partial charge in [-0.1, -0.05) is 0 Å². The highest BCUT2D eigenvalue weighted by Gasteiger charge is 2.30. The zero-order valence-corrected chi connectivity index (χ0v) is 13.7. The number of benzene rings is 1. The third-order valence-electron chi connectivity index (χ3n) is 4.69. The van der Waals surface area contributed by atoms with Gasteiger partial charge in [0.2, 0.25) is 0 Å². The fourth-order valence-electron chi connectivity index (χ4n) is 3.52. The molecule has 3 aromatic rings. The van der Waals surface area contributed by atoms with Crippen LogP contribution in [0.2, 0.25) is 0 Å². The van der Waals surface area contributed by atoms with Crippen LogP contribution >= 0.6 is 0 Å². The van der Waals surface area contributed by atoms with Crippen LogP contribution in [0.25, 0.3) is 0 Å². The Labute approximate surface area is 144 Å². The number of hydrogen-bond acceptors (Lipinski definition) is 3. The summed E-state index contributed by atoms with van der Waals surface area (Å²) in [5, 5.41) is 4.40. The van der Waals surface area contributed by atoms with Gasteiger partial charge >= 0.3 is 0 Å². The first-order valence-electron chi connectivity index (χ1n) is 8.43. The number of nitrogens with one attached hydrogen (secondary N) is 1. The first-order valence-corrected chi connectivity index (χ1v) is 8.43. The molecule has 1 atom stereocenters. The minimum absolute atomic E-state index is 0.170. The smallest absolute Gasteiger partial charge is 0.128 e. The van der Waals surface area contributed by atoms with E-state index in [0.29, 0.717) is 12.1 Å². The van der Waals surface area contributed by atoms with Gasteiger partial charge in [0, 0.05) is 37.3 Å². The minimum atomic E-state index is -0.407. The first kappa shape index (κ1) is 15.8. The molecule has 5 nitrogen and oxygen atoms in total. The lowest BCUT2D eigenvalue weighted by atomic mass is 10.0. The Balaban J connectivity index is 1.58. The SMILES string of the molecule is Fc1ccc(F)c([C@H]2CCCN2c2ccnn2CCc2c[nH]cn2)c1. The van der Waals surface area contributed by atoms with Crippen molar-refractivity contribution in [1.29, 1.82) is 0 Å². The van der Waals surface area contributed by atoms with E-state index in [0.717, 1.165) is 43.4 Å². The van der Waals surface area contributed by atoms with Crippen molar-refractivity contribution in [2.45, 2.75) is 31.8 Å². The van der Waals surface area contributed by atoms with Gasteiger partial charge in [0.1, 0.15) is 17.5 Å². The Kier molecular flexibility index (Phi) is 4.21. The van der Waals surface area contributed by atoms with Crippen LogP contribution in [0.5, 0.6) is 0 Å². The molecule has 0 radical (unpaired) electrons. The summed E-state index contributed by atoms with van der Waals surface area (Å²) < 4.78 is 29.8. The number of imidazole rings is 1. The van der Waals surface area contributed by atoms with E-state index >= 15 is 0 Å². The predicted octanol–water partition coefficient (Wildman–Crippen LogP) is 3.47. The highest BCUT2D eigenvalue weighted by Crippen LogP contribution is 2.37. The molecule has 0 bridgehead atoms. The van der Waals surface area contributed by atoms with Gasteiger partial charge in [0.25, 0.3) is 0 Å². The average Bonchev–Trinajstić information content (AvgIpc) is 3.35. The Morgan fingerprint density at radius 2 is 2.16 bits per heavy atom. The molecule has 7 heteroatoms. The molecule has 1 aliphatic heterocycles. The van der Waals surface area contributed by atoms with Crippen LogP contribution in [0.15, 0.2) is 43.0 Å². The van der Waals surface area contributed by atoms with E-state index in [2.05, 4.69) is 20.0 Å². The van der Waals surface area contributed by atoms with Crippen molar-refractivity contribution < 1.29 is 8.78 Å². The maximum Gasteiger partial charge on any atom is 0.128 e. The maximum atomic E-state index is 14.2. The van der Waals surface area contributed by atoms with Crippen LogP contribution in [-0.4, -0.2) is 26.3 Å². The van der Waals surface area contributed by atoms with Crippen LogP contribution in [-0.2, 0) is 13.0 Å². The molecule has 1 aromatic carbocycles. The van der Waals surface area contributed by atoms with Gasteiger partial charge < -0.3 is 9.88 Å². The lowest BCUT2D eigenvalue weighted by Gasteiger charge is -2.27. The summed E-state index contributed by atoms with van der Waals surface area (Å²) in [7, 11) is 0. The van der Waals surface area contributed by atoms with Crippen molar-refractivity contribution in [2.75, 3.05) is 11.4 Å². The second kappa shape index (κ2) is 6.66. The summed E-state index contributed by atoms with van der Waals surface area (Å²) in [4.78, 5) is 9.29. The number of aryl methyl sites for hydroxylation is 2. The van der Waals surface area contributed by atoms with Gasteiger partial charge in [0.05, 0.1) is 24.3 Å². The molecule has 1 aliphatic rings. The van der Waals surface area contributed by atoms with Crippen LogP contribution in [0.1, 0.15) is 30.1 Å². The van der Waals surface area contributed by atoms with Crippen molar-refractivity contribution in [1.82, 2.24) is 19.7 Å². The van der Waals surface area contributed by atoms with Crippen molar-refractivity contribution in [2.24, 2.45) is 0 Å². The van der Waals surface area contributed by atoms with E-state index in [-0.39, 0.29) is 11.9 Å². The average molecular weight is 343 g/mol. The zero-order chi connectivity index (χ0) is 17.2. The van der Waals surface area contributed by atoms with E-state index in [4.69, 9.17) is 0 Å². The molecule has 0 saturated carbocycles. The number of rotatable bonds is 5. The normalized spacial score (nSPS) is 17.4. The third kappa shape index (κ3) is 3.14. The van der Waals surface area contributed by atoms with E-state index in [9.17, 15) is 8.78 Å². The number of aromatic nitrogens is 4. The maximum absolute atomic E-state index is 14.2. The highest BCUT2D eigenvalue weighted by molar-refractivity contribution is 5.44. The molecule has 3 heterocycles. The summed E-state index contributed by atoms with van der Waals surface area (Å²) in [5.74, 6) is 0.165. The van der Waals surface area contributed by atoms with Crippen molar-refractivity contribution in [3.05, 3.63) is 65.9 Å². The van der Waals surface area contributed by atoms with Crippen LogP contribution in [0.4, 0.5) is 14.6 Å². The van der Waals surface area contributed by atoms with Crippen LogP contribution in [0, 0.1) is 11.6 Å².